The normalized spacial score (nSPS) is 11.0. The van der Waals surface area contributed by atoms with E-state index in [1.807, 2.05) is 20.8 Å². The van der Waals surface area contributed by atoms with E-state index in [1.165, 1.54) is 14.2 Å². The van der Waals surface area contributed by atoms with Crippen LogP contribution in [0, 0.1) is 23.2 Å². The quantitative estimate of drug-likeness (QED) is 0.436. The van der Waals surface area contributed by atoms with E-state index in [9.17, 15) is 9.59 Å². The Hall–Kier alpha value is -1.76. The van der Waals surface area contributed by atoms with Crippen molar-refractivity contribution < 1.29 is 19.1 Å². The van der Waals surface area contributed by atoms with Crippen molar-refractivity contribution in [3.63, 3.8) is 0 Å². The third-order valence-electron chi connectivity index (χ3n) is 1.99. The van der Waals surface area contributed by atoms with Gasteiger partial charge in [-0.2, -0.15) is 0 Å². The second kappa shape index (κ2) is 7.54. The second-order valence-electron chi connectivity index (χ2n) is 4.76. The molecule has 0 aliphatic carbocycles. The standard InChI is InChI=1S/C14H20O4/c1-14(2,3)10-8-6-7-9-11(12(15)17-4)13(16)18-5/h6-7,11H,9H2,1-5H3/b7-6+. The van der Waals surface area contributed by atoms with Gasteiger partial charge in [-0.05, 0) is 33.3 Å². The Morgan fingerprint density at radius 3 is 2.06 bits per heavy atom. The second-order valence-corrected chi connectivity index (χ2v) is 4.76. The summed E-state index contributed by atoms with van der Waals surface area (Å²) in [5.74, 6) is 3.75. The van der Waals surface area contributed by atoms with Crippen LogP contribution >= 0.6 is 0 Å². The number of carbonyl (C=O) groups is 2. The Balaban J connectivity index is 4.53. The molecule has 0 saturated carbocycles. The van der Waals surface area contributed by atoms with Gasteiger partial charge in [-0.1, -0.05) is 17.9 Å². The van der Waals surface area contributed by atoms with Gasteiger partial charge in [0.05, 0.1) is 14.2 Å². The fourth-order valence-corrected chi connectivity index (χ4v) is 1.09. The lowest BCUT2D eigenvalue weighted by atomic mass is 9.98. The Labute approximate surface area is 108 Å². The van der Waals surface area contributed by atoms with Crippen LogP contribution in [0.1, 0.15) is 27.2 Å². The molecule has 0 unspecified atom stereocenters. The van der Waals surface area contributed by atoms with E-state index in [0.717, 1.165) is 0 Å². The molecular weight excluding hydrogens is 232 g/mol. The monoisotopic (exact) mass is 252 g/mol. The summed E-state index contributed by atoms with van der Waals surface area (Å²) in [5, 5.41) is 0. The molecule has 18 heavy (non-hydrogen) atoms. The Kier molecular flexibility index (Phi) is 6.81. The van der Waals surface area contributed by atoms with Gasteiger partial charge in [0.25, 0.3) is 0 Å². The van der Waals surface area contributed by atoms with Crippen molar-refractivity contribution in [1.29, 1.82) is 0 Å². The maximum atomic E-state index is 11.3. The van der Waals surface area contributed by atoms with Gasteiger partial charge in [-0.25, -0.2) is 0 Å². The molecule has 0 bridgehead atoms. The number of hydrogen-bond donors (Lipinski definition) is 0. The lowest BCUT2D eigenvalue weighted by molar-refractivity contribution is -0.158. The fourth-order valence-electron chi connectivity index (χ4n) is 1.09. The first-order valence-corrected chi connectivity index (χ1v) is 5.65. The zero-order chi connectivity index (χ0) is 14.2. The van der Waals surface area contributed by atoms with Crippen LogP contribution in [0.25, 0.3) is 0 Å². The van der Waals surface area contributed by atoms with E-state index in [0.29, 0.717) is 0 Å². The minimum atomic E-state index is -0.923. The van der Waals surface area contributed by atoms with Crippen LogP contribution in [0.15, 0.2) is 12.2 Å². The molecule has 0 amide bonds. The van der Waals surface area contributed by atoms with Crippen molar-refractivity contribution in [3.05, 3.63) is 12.2 Å². The van der Waals surface area contributed by atoms with Gasteiger partial charge in [-0.15, -0.1) is 0 Å². The highest BCUT2D eigenvalue weighted by Crippen LogP contribution is 2.10. The van der Waals surface area contributed by atoms with Crippen LogP contribution in [-0.2, 0) is 19.1 Å². The first-order chi connectivity index (χ1) is 8.31. The molecule has 0 atom stereocenters. The predicted octanol–water partition coefficient (Wildman–Crippen LogP) is 1.94. The smallest absolute Gasteiger partial charge is 0.320 e. The summed E-state index contributed by atoms with van der Waals surface area (Å²) in [6.45, 7) is 6.00. The van der Waals surface area contributed by atoms with Crippen molar-refractivity contribution in [2.45, 2.75) is 27.2 Å². The maximum absolute atomic E-state index is 11.3. The van der Waals surface area contributed by atoms with Crippen LogP contribution in [0.4, 0.5) is 0 Å². The molecule has 0 spiro atoms. The Morgan fingerprint density at radius 2 is 1.67 bits per heavy atom. The first kappa shape index (κ1) is 16.2. The highest BCUT2D eigenvalue weighted by molar-refractivity contribution is 5.94. The number of rotatable bonds is 4. The zero-order valence-corrected chi connectivity index (χ0v) is 11.6. The molecule has 0 N–H and O–H groups in total. The van der Waals surface area contributed by atoms with Crippen LogP contribution in [0.5, 0.6) is 0 Å². The summed E-state index contributed by atoms with van der Waals surface area (Å²) in [6.07, 6.45) is 3.51. The molecule has 0 fully saturated rings. The van der Waals surface area contributed by atoms with Crippen LogP contribution in [0.2, 0.25) is 0 Å². The van der Waals surface area contributed by atoms with Crippen molar-refractivity contribution in [3.8, 4) is 11.8 Å². The van der Waals surface area contributed by atoms with Crippen molar-refractivity contribution in [2.24, 2.45) is 11.3 Å². The summed E-state index contributed by atoms with van der Waals surface area (Å²) in [7, 11) is 2.47. The fraction of sp³-hybridized carbons (Fsp3) is 0.571. The van der Waals surface area contributed by atoms with Crippen LogP contribution in [0.3, 0.4) is 0 Å². The van der Waals surface area contributed by atoms with Gasteiger partial charge < -0.3 is 9.47 Å². The maximum Gasteiger partial charge on any atom is 0.320 e. The van der Waals surface area contributed by atoms with E-state index < -0.39 is 17.9 Å². The largest absolute Gasteiger partial charge is 0.468 e. The lowest BCUT2D eigenvalue weighted by Gasteiger charge is -2.09. The van der Waals surface area contributed by atoms with E-state index in [1.54, 1.807) is 12.2 Å². The number of hydrogen-bond acceptors (Lipinski definition) is 4. The molecule has 0 aromatic heterocycles. The summed E-state index contributed by atoms with van der Waals surface area (Å²) >= 11 is 0. The zero-order valence-electron chi connectivity index (χ0n) is 11.6. The van der Waals surface area contributed by atoms with Gasteiger partial charge in [0.1, 0.15) is 0 Å². The van der Waals surface area contributed by atoms with E-state index >= 15 is 0 Å². The molecule has 0 radical (unpaired) electrons. The highest BCUT2D eigenvalue weighted by Gasteiger charge is 2.26. The van der Waals surface area contributed by atoms with E-state index in [2.05, 4.69) is 21.3 Å². The Bertz CT molecular complexity index is 361. The molecule has 4 heteroatoms. The molecule has 0 aromatic rings. The SMILES string of the molecule is COC(=O)C(C/C=C/C#CC(C)(C)C)C(=O)OC. The van der Waals surface area contributed by atoms with Crippen molar-refractivity contribution in [2.75, 3.05) is 14.2 Å². The van der Waals surface area contributed by atoms with Gasteiger partial charge in [-0.3, -0.25) is 9.59 Å². The number of methoxy groups -OCH3 is 2. The molecule has 100 valence electrons. The molecule has 0 aliphatic rings. The molecule has 0 aromatic carbocycles. The molecule has 0 rings (SSSR count). The summed E-state index contributed by atoms with van der Waals surface area (Å²) < 4.78 is 9.07. The number of carbonyl (C=O) groups excluding carboxylic acids is 2. The van der Waals surface area contributed by atoms with Gasteiger partial charge in [0.2, 0.25) is 0 Å². The average Bonchev–Trinajstić information content (AvgIpc) is 2.30. The van der Waals surface area contributed by atoms with Crippen LogP contribution in [-0.4, -0.2) is 26.2 Å². The van der Waals surface area contributed by atoms with E-state index in [-0.39, 0.29) is 11.8 Å². The summed E-state index contributed by atoms with van der Waals surface area (Å²) in [5.41, 5.74) is -0.0750. The van der Waals surface area contributed by atoms with Crippen molar-refractivity contribution >= 4 is 11.9 Å². The number of allylic oxidation sites excluding steroid dienone is 2. The summed E-state index contributed by atoms with van der Waals surface area (Å²) in [6, 6.07) is 0. The number of ether oxygens (including phenoxy) is 2. The number of esters is 2. The first-order valence-electron chi connectivity index (χ1n) is 5.65. The van der Waals surface area contributed by atoms with Gasteiger partial charge in [0.15, 0.2) is 5.92 Å². The van der Waals surface area contributed by atoms with E-state index in [4.69, 9.17) is 0 Å². The summed E-state index contributed by atoms with van der Waals surface area (Å²) in [4.78, 5) is 22.7. The van der Waals surface area contributed by atoms with Gasteiger partial charge >= 0.3 is 11.9 Å². The Morgan fingerprint density at radius 1 is 1.17 bits per heavy atom. The minimum absolute atomic E-state index is 0.0750. The van der Waals surface area contributed by atoms with Gasteiger partial charge in [0, 0.05) is 5.41 Å². The molecule has 0 heterocycles. The van der Waals surface area contributed by atoms with Crippen molar-refractivity contribution in [1.82, 2.24) is 0 Å². The molecular formula is C14H20O4. The lowest BCUT2D eigenvalue weighted by Crippen LogP contribution is -2.25. The predicted molar refractivity (Wildman–Crippen MR) is 68.5 cm³/mol. The third kappa shape index (κ3) is 6.74. The molecule has 4 nitrogen and oxygen atoms in total. The molecule has 0 aliphatic heterocycles. The third-order valence-corrected chi connectivity index (χ3v) is 1.99. The average molecular weight is 252 g/mol. The van der Waals surface area contributed by atoms with Crippen LogP contribution < -0.4 is 0 Å². The minimum Gasteiger partial charge on any atom is -0.468 e. The topological polar surface area (TPSA) is 52.6 Å². The molecule has 0 saturated heterocycles. The highest BCUT2D eigenvalue weighted by atomic mass is 16.5.